The van der Waals surface area contributed by atoms with Gasteiger partial charge in [-0.1, -0.05) is 6.07 Å². The highest BCUT2D eigenvalue weighted by atomic mass is 32.1. The Hall–Kier alpha value is -2.99. The first kappa shape index (κ1) is 16.9. The number of fused-ring (bicyclic) bond motifs is 1. The summed E-state index contributed by atoms with van der Waals surface area (Å²) in [5, 5.41) is 3.83. The summed E-state index contributed by atoms with van der Waals surface area (Å²) in [4.78, 5) is 28.5. The molecule has 1 aromatic carbocycles. The van der Waals surface area contributed by atoms with Crippen molar-refractivity contribution in [2.45, 2.75) is 6.92 Å². The van der Waals surface area contributed by atoms with E-state index in [1.807, 2.05) is 24.3 Å². The van der Waals surface area contributed by atoms with E-state index in [9.17, 15) is 9.59 Å². The maximum Gasteiger partial charge on any atom is 0.330 e. The van der Waals surface area contributed by atoms with Gasteiger partial charge in [0.05, 0.1) is 6.61 Å². The Kier molecular flexibility index (Phi) is 5.20. The van der Waals surface area contributed by atoms with E-state index in [4.69, 9.17) is 4.74 Å². The van der Waals surface area contributed by atoms with Crippen LogP contribution in [0.25, 0.3) is 16.2 Å². The SMILES string of the molecule is CCOC(=O)/C=C/c1cc2cc(NC(=O)c3ccccn3)ccc2s1. The van der Waals surface area contributed by atoms with Crippen molar-refractivity contribution in [1.29, 1.82) is 0 Å². The second-order valence-corrected chi connectivity index (χ2v) is 6.27. The molecule has 0 unspecified atom stereocenters. The van der Waals surface area contributed by atoms with Crippen molar-refractivity contribution in [3.63, 3.8) is 0 Å². The minimum atomic E-state index is -0.358. The van der Waals surface area contributed by atoms with Gasteiger partial charge < -0.3 is 10.1 Å². The average molecular weight is 352 g/mol. The summed E-state index contributed by atoms with van der Waals surface area (Å²) in [7, 11) is 0. The molecule has 0 bridgehead atoms. The minimum Gasteiger partial charge on any atom is -0.463 e. The number of rotatable bonds is 5. The number of esters is 1. The molecule has 5 nitrogen and oxygen atoms in total. The van der Waals surface area contributed by atoms with Crippen LogP contribution in [0.2, 0.25) is 0 Å². The number of carbonyl (C=O) groups excluding carboxylic acids is 2. The number of hydrogen-bond acceptors (Lipinski definition) is 5. The van der Waals surface area contributed by atoms with Gasteiger partial charge in [-0.2, -0.15) is 0 Å². The molecule has 126 valence electrons. The van der Waals surface area contributed by atoms with Gasteiger partial charge in [-0.25, -0.2) is 4.79 Å². The third-order valence-electron chi connectivity index (χ3n) is 3.36. The number of ether oxygens (including phenoxy) is 1. The Morgan fingerprint density at radius 2 is 2.12 bits per heavy atom. The highest BCUT2D eigenvalue weighted by Crippen LogP contribution is 2.29. The number of nitrogens with one attached hydrogen (secondary N) is 1. The standard InChI is InChI=1S/C19H16N2O3S/c1-2-24-18(22)9-7-15-12-13-11-14(6-8-17(13)25-15)21-19(23)16-5-3-4-10-20-16/h3-12H,2H2,1H3,(H,21,23)/b9-7+. The largest absolute Gasteiger partial charge is 0.463 e. The van der Waals surface area contributed by atoms with Gasteiger partial charge in [0.2, 0.25) is 0 Å². The maximum absolute atomic E-state index is 12.2. The van der Waals surface area contributed by atoms with E-state index in [2.05, 4.69) is 10.3 Å². The van der Waals surface area contributed by atoms with E-state index in [1.54, 1.807) is 48.7 Å². The van der Waals surface area contributed by atoms with E-state index in [-0.39, 0.29) is 11.9 Å². The number of nitrogens with zero attached hydrogens (tertiary/aromatic N) is 1. The van der Waals surface area contributed by atoms with Gasteiger partial charge in [0.1, 0.15) is 5.69 Å². The van der Waals surface area contributed by atoms with E-state index >= 15 is 0 Å². The molecular weight excluding hydrogens is 336 g/mol. The van der Waals surface area contributed by atoms with Crippen molar-refractivity contribution in [1.82, 2.24) is 4.98 Å². The molecule has 0 saturated carbocycles. The first-order valence-electron chi connectivity index (χ1n) is 7.76. The van der Waals surface area contributed by atoms with Crippen molar-refractivity contribution in [2.75, 3.05) is 11.9 Å². The molecule has 1 N–H and O–H groups in total. The van der Waals surface area contributed by atoms with Gasteiger partial charge in [-0.05, 0) is 54.8 Å². The van der Waals surface area contributed by atoms with Crippen LogP contribution in [0.15, 0.2) is 54.7 Å². The minimum absolute atomic E-state index is 0.252. The zero-order valence-corrected chi connectivity index (χ0v) is 14.4. The van der Waals surface area contributed by atoms with Crippen LogP contribution >= 0.6 is 11.3 Å². The lowest BCUT2D eigenvalue weighted by Gasteiger charge is -2.04. The van der Waals surface area contributed by atoms with E-state index in [0.29, 0.717) is 18.0 Å². The summed E-state index contributed by atoms with van der Waals surface area (Å²) in [6.07, 6.45) is 4.73. The topological polar surface area (TPSA) is 68.3 Å². The molecule has 0 fully saturated rings. The molecule has 1 amide bonds. The second kappa shape index (κ2) is 7.72. The van der Waals surface area contributed by atoms with Crippen LogP contribution in [0.5, 0.6) is 0 Å². The fraction of sp³-hybridized carbons (Fsp3) is 0.105. The fourth-order valence-electron chi connectivity index (χ4n) is 2.26. The molecule has 25 heavy (non-hydrogen) atoms. The lowest BCUT2D eigenvalue weighted by atomic mass is 10.2. The zero-order chi connectivity index (χ0) is 17.6. The normalized spacial score (nSPS) is 10.9. The number of pyridine rings is 1. The first-order chi connectivity index (χ1) is 12.2. The molecule has 2 aromatic heterocycles. The van der Waals surface area contributed by atoms with Crippen molar-refractivity contribution in [3.8, 4) is 0 Å². The highest BCUT2D eigenvalue weighted by molar-refractivity contribution is 7.19. The first-order valence-corrected chi connectivity index (χ1v) is 8.58. The fourth-order valence-corrected chi connectivity index (χ4v) is 3.20. The third kappa shape index (κ3) is 4.30. The summed E-state index contributed by atoms with van der Waals surface area (Å²) >= 11 is 1.56. The van der Waals surface area contributed by atoms with Crippen LogP contribution in [0.3, 0.4) is 0 Å². The van der Waals surface area contributed by atoms with Crippen LogP contribution in [0, 0.1) is 0 Å². The Morgan fingerprint density at radius 1 is 1.24 bits per heavy atom. The predicted octanol–water partition coefficient (Wildman–Crippen LogP) is 4.12. The lowest BCUT2D eigenvalue weighted by Crippen LogP contribution is -2.13. The predicted molar refractivity (Wildman–Crippen MR) is 99.7 cm³/mol. The molecule has 0 saturated heterocycles. The number of aromatic nitrogens is 1. The molecule has 3 aromatic rings. The summed E-state index contributed by atoms with van der Waals surface area (Å²) in [5.74, 6) is -0.610. The summed E-state index contributed by atoms with van der Waals surface area (Å²) in [5.41, 5.74) is 1.06. The number of hydrogen-bond donors (Lipinski definition) is 1. The summed E-state index contributed by atoms with van der Waals surface area (Å²) in [6.45, 7) is 2.13. The Morgan fingerprint density at radius 3 is 2.88 bits per heavy atom. The van der Waals surface area contributed by atoms with Crippen LogP contribution in [0.1, 0.15) is 22.3 Å². The lowest BCUT2D eigenvalue weighted by molar-refractivity contribution is -0.137. The van der Waals surface area contributed by atoms with Crippen molar-refractivity contribution in [3.05, 3.63) is 65.3 Å². The molecular formula is C19H16N2O3S. The van der Waals surface area contributed by atoms with Crippen molar-refractivity contribution in [2.24, 2.45) is 0 Å². The molecule has 3 rings (SSSR count). The number of anilines is 1. The monoisotopic (exact) mass is 352 g/mol. The number of thiophene rings is 1. The third-order valence-corrected chi connectivity index (χ3v) is 4.44. The molecule has 0 radical (unpaired) electrons. The number of carbonyl (C=O) groups is 2. The Bertz CT molecular complexity index is 932. The number of benzene rings is 1. The molecule has 0 aliphatic heterocycles. The molecule has 0 aliphatic carbocycles. The smallest absolute Gasteiger partial charge is 0.330 e. The van der Waals surface area contributed by atoms with E-state index in [1.165, 1.54) is 6.08 Å². The summed E-state index contributed by atoms with van der Waals surface area (Å²) < 4.78 is 5.94. The van der Waals surface area contributed by atoms with Crippen LogP contribution < -0.4 is 5.32 Å². The maximum atomic E-state index is 12.2. The number of amides is 1. The van der Waals surface area contributed by atoms with Crippen molar-refractivity contribution >= 4 is 45.1 Å². The highest BCUT2D eigenvalue weighted by Gasteiger charge is 2.08. The Labute approximate surface area is 149 Å². The second-order valence-electron chi connectivity index (χ2n) is 5.16. The van der Waals surface area contributed by atoms with Crippen LogP contribution in [-0.2, 0) is 9.53 Å². The van der Waals surface area contributed by atoms with Gasteiger partial charge >= 0.3 is 5.97 Å². The quantitative estimate of drug-likeness (QED) is 0.554. The molecule has 6 heteroatoms. The molecule has 2 heterocycles. The average Bonchev–Trinajstić information content (AvgIpc) is 3.03. The van der Waals surface area contributed by atoms with Gasteiger partial charge in [-0.15, -0.1) is 11.3 Å². The van der Waals surface area contributed by atoms with E-state index < -0.39 is 0 Å². The van der Waals surface area contributed by atoms with Crippen molar-refractivity contribution < 1.29 is 14.3 Å². The Balaban J connectivity index is 1.76. The van der Waals surface area contributed by atoms with E-state index in [0.717, 1.165) is 15.0 Å². The molecule has 0 atom stereocenters. The van der Waals surface area contributed by atoms with Gasteiger partial charge in [0.15, 0.2) is 0 Å². The van der Waals surface area contributed by atoms with Gasteiger partial charge in [0, 0.05) is 27.5 Å². The van der Waals surface area contributed by atoms with Crippen LogP contribution in [-0.4, -0.2) is 23.5 Å². The molecule has 0 spiro atoms. The summed E-state index contributed by atoms with van der Waals surface area (Å²) in [6, 6.07) is 12.8. The van der Waals surface area contributed by atoms with Gasteiger partial charge in [0.25, 0.3) is 5.91 Å². The zero-order valence-electron chi connectivity index (χ0n) is 13.6. The van der Waals surface area contributed by atoms with Crippen LogP contribution in [0.4, 0.5) is 5.69 Å². The van der Waals surface area contributed by atoms with Gasteiger partial charge in [-0.3, -0.25) is 9.78 Å². The molecule has 0 aliphatic rings.